The van der Waals surface area contributed by atoms with Gasteiger partial charge in [-0.1, -0.05) is 39.0 Å². The topological polar surface area (TPSA) is 102 Å². The second-order valence-corrected chi connectivity index (χ2v) is 6.89. The number of rotatable bonds is 27. The van der Waals surface area contributed by atoms with Crippen LogP contribution in [0.4, 0.5) is 0 Å². The van der Waals surface area contributed by atoms with Gasteiger partial charge < -0.3 is 38.3 Å². The average Bonchev–Trinajstić information content (AvgIpc) is 2.76. The minimum absolute atomic E-state index is 0.257. The van der Waals surface area contributed by atoms with Gasteiger partial charge in [-0.15, -0.1) is 0 Å². The zero-order chi connectivity index (χ0) is 22.7. The molecule has 0 atom stereocenters. The van der Waals surface area contributed by atoms with E-state index in [2.05, 4.69) is 6.92 Å². The van der Waals surface area contributed by atoms with Crippen LogP contribution in [0, 0.1) is 0 Å². The highest BCUT2D eigenvalue weighted by Crippen LogP contribution is 2.04. The number of aliphatic carboxylic acids is 1. The molecule has 9 nitrogen and oxygen atoms in total. The Morgan fingerprint density at radius 2 is 0.806 bits per heavy atom. The largest absolute Gasteiger partial charge is 0.480 e. The van der Waals surface area contributed by atoms with Gasteiger partial charge in [0.05, 0.1) is 79.3 Å². The monoisotopic (exact) mass is 452 g/mol. The minimum atomic E-state index is -0.985. The van der Waals surface area contributed by atoms with Gasteiger partial charge >= 0.3 is 5.97 Å². The fourth-order valence-corrected chi connectivity index (χ4v) is 2.46. The molecule has 0 aromatic carbocycles. The first-order valence-corrected chi connectivity index (χ1v) is 11.5. The number of unbranched alkanes of at least 4 members (excludes halogenated alkanes) is 5. The number of carboxylic acids is 1. The van der Waals surface area contributed by atoms with Crippen molar-refractivity contribution in [2.24, 2.45) is 0 Å². The highest BCUT2D eigenvalue weighted by atomic mass is 16.6. The van der Waals surface area contributed by atoms with Crippen LogP contribution in [0.5, 0.6) is 0 Å². The van der Waals surface area contributed by atoms with Crippen LogP contribution < -0.4 is 0 Å². The van der Waals surface area contributed by atoms with Gasteiger partial charge in [0.15, 0.2) is 0 Å². The van der Waals surface area contributed by atoms with E-state index < -0.39 is 5.97 Å². The Morgan fingerprint density at radius 1 is 0.484 bits per heavy atom. The number of hydrogen-bond donors (Lipinski definition) is 1. The van der Waals surface area contributed by atoms with Crippen molar-refractivity contribution in [1.29, 1.82) is 0 Å². The molecule has 31 heavy (non-hydrogen) atoms. The molecule has 186 valence electrons. The Hall–Kier alpha value is -0.810. The lowest BCUT2D eigenvalue weighted by Crippen LogP contribution is -2.15. The summed E-state index contributed by atoms with van der Waals surface area (Å²) in [6.45, 7) is 8.62. The smallest absolute Gasteiger partial charge is 0.329 e. The zero-order valence-electron chi connectivity index (χ0n) is 19.4. The molecule has 0 saturated heterocycles. The molecule has 0 spiro atoms. The first kappa shape index (κ1) is 30.2. The van der Waals surface area contributed by atoms with E-state index in [0.29, 0.717) is 72.7 Å². The molecule has 0 fully saturated rings. The molecule has 0 unspecified atom stereocenters. The van der Waals surface area contributed by atoms with Gasteiger partial charge in [-0.2, -0.15) is 0 Å². The van der Waals surface area contributed by atoms with Gasteiger partial charge in [-0.3, -0.25) is 0 Å². The number of carbonyl (C=O) groups is 1. The lowest BCUT2D eigenvalue weighted by Gasteiger charge is -2.08. The summed E-state index contributed by atoms with van der Waals surface area (Å²) in [6, 6.07) is 0. The van der Waals surface area contributed by atoms with Crippen molar-refractivity contribution in [2.45, 2.75) is 45.4 Å². The Labute approximate surface area is 187 Å². The number of hydrogen-bond acceptors (Lipinski definition) is 8. The summed E-state index contributed by atoms with van der Waals surface area (Å²) in [6.07, 6.45) is 7.66. The molecule has 0 radical (unpaired) electrons. The van der Waals surface area contributed by atoms with Crippen LogP contribution in [0.25, 0.3) is 0 Å². The van der Waals surface area contributed by atoms with Crippen LogP contribution in [0.15, 0.2) is 0 Å². The fraction of sp³-hybridized carbons (Fsp3) is 0.955. The Bertz CT molecular complexity index is 356. The SMILES string of the molecule is CCCCCCCCOCCOCCOCCOCCOCCOCCOCC(=O)O. The van der Waals surface area contributed by atoms with Crippen molar-refractivity contribution in [1.82, 2.24) is 0 Å². The standard InChI is InChI=1S/C22H44O9/c1-2-3-4-5-6-7-8-25-9-10-26-11-12-27-13-14-28-15-16-29-17-18-30-19-20-31-21-22(23)24/h2-21H2,1H3,(H,23,24). The highest BCUT2D eigenvalue weighted by Gasteiger charge is 1.97. The van der Waals surface area contributed by atoms with Crippen molar-refractivity contribution in [3.05, 3.63) is 0 Å². The molecule has 0 bridgehead atoms. The summed E-state index contributed by atoms with van der Waals surface area (Å²) in [5, 5.41) is 8.39. The van der Waals surface area contributed by atoms with Crippen LogP contribution in [0.1, 0.15) is 45.4 Å². The van der Waals surface area contributed by atoms with Gasteiger partial charge in [-0.25, -0.2) is 4.79 Å². The number of carboxylic acid groups (broad SMARTS) is 1. The molecule has 9 heteroatoms. The van der Waals surface area contributed by atoms with E-state index in [1.165, 1.54) is 32.1 Å². The maximum Gasteiger partial charge on any atom is 0.329 e. The summed E-state index contributed by atoms with van der Waals surface area (Å²) < 4.78 is 37.3. The van der Waals surface area contributed by atoms with E-state index in [-0.39, 0.29) is 13.2 Å². The van der Waals surface area contributed by atoms with Crippen LogP contribution in [-0.2, 0) is 38.0 Å². The molecular weight excluding hydrogens is 408 g/mol. The van der Waals surface area contributed by atoms with Gasteiger partial charge in [-0.05, 0) is 6.42 Å². The van der Waals surface area contributed by atoms with Crippen LogP contribution >= 0.6 is 0 Å². The second kappa shape index (κ2) is 27.2. The minimum Gasteiger partial charge on any atom is -0.480 e. The Kier molecular flexibility index (Phi) is 26.5. The molecule has 0 amide bonds. The van der Waals surface area contributed by atoms with Gasteiger partial charge in [0.2, 0.25) is 0 Å². The number of ether oxygens (including phenoxy) is 7. The zero-order valence-corrected chi connectivity index (χ0v) is 19.4. The van der Waals surface area contributed by atoms with Crippen molar-refractivity contribution in [2.75, 3.05) is 92.5 Å². The summed E-state index contributed by atoms with van der Waals surface area (Å²) in [7, 11) is 0. The van der Waals surface area contributed by atoms with Gasteiger partial charge in [0.1, 0.15) is 6.61 Å². The van der Waals surface area contributed by atoms with Gasteiger partial charge in [0, 0.05) is 6.61 Å². The molecule has 0 aliphatic rings. The summed E-state index contributed by atoms with van der Waals surface area (Å²) in [4.78, 5) is 10.2. The van der Waals surface area contributed by atoms with Crippen molar-refractivity contribution >= 4 is 5.97 Å². The van der Waals surface area contributed by atoms with Crippen molar-refractivity contribution in [3.63, 3.8) is 0 Å². The molecule has 0 aromatic rings. The van der Waals surface area contributed by atoms with Crippen LogP contribution in [-0.4, -0.2) is 104 Å². The van der Waals surface area contributed by atoms with Gasteiger partial charge in [0.25, 0.3) is 0 Å². The molecule has 0 aliphatic heterocycles. The summed E-state index contributed by atoms with van der Waals surface area (Å²) in [5.74, 6) is -0.985. The lowest BCUT2D eigenvalue weighted by molar-refractivity contribution is -0.142. The lowest BCUT2D eigenvalue weighted by atomic mass is 10.1. The third-order valence-corrected chi connectivity index (χ3v) is 4.10. The van der Waals surface area contributed by atoms with E-state index in [0.717, 1.165) is 13.0 Å². The van der Waals surface area contributed by atoms with Crippen LogP contribution in [0.3, 0.4) is 0 Å². The molecule has 0 aromatic heterocycles. The maximum absolute atomic E-state index is 10.2. The molecule has 0 aliphatic carbocycles. The Morgan fingerprint density at radius 3 is 1.19 bits per heavy atom. The van der Waals surface area contributed by atoms with E-state index in [1.807, 2.05) is 0 Å². The van der Waals surface area contributed by atoms with Crippen LogP contribution in [0.2, 0.25) is 0 Å². The highest BCUT2D eigenvalue weighted by molar-refractivity contribution is 5.67. The summed E-state index contributed by atoms with van der Waals surface area (Å²) in [5.41, 5.74) is 0. The first-order chi connectivity index (χ1) is 15.3. The molecule has 1 N–H and O–H groups in total. The Balaban J connectivity index is 3.00. The van der Waals surface area contributed by atoms with E-state index in [4.69, 9.17) is 38.3 Å². The average molecular weight is 453 g/mol. The maximum atomic E-state index is 10.2. The predicted octanol–water partition coefficient (Wildman–Crippen LogP) is 2.55. The van der Waals surface area contributed by atoms with E-state index in [1.54, 1.807) is 0 Å². The molecule has 0 heterocycles. The predicted molar refractivity (Wildman–Crippen MR) is 117 cm³/mol. The second-order valence-electron chi connectivity index (χ2n) is 6.89. The van der Waals surface area contributed by atoms with E-state index >= 15 is 0 Å². The van der Waals surface area contributed by atoms with Crippen molar-refractivity contribution in [3.8, 4) is 0 Å². The molecule has 0 rings (SSSR count). The van der Waals surface area contributed by atoms with E-state index in [9.17, 15) is 4.79 Å². The fourth-order valence-electron chi connectivity index (χ4n) is 2.46. The third-order valence-electron chi connectivity index (χ3n) is 4.10. The first-order valence-electron chi connectivity index (χ1n) is 11.5. The normalized spacial score (nSPS) is 11.3. The summed E-state index contributed by atoms with van der Waals surface area (Å²) >= 11 is 0. The third kappa shape index (κ3) is 29.2. The molecule has 0 saturated carbocycles. The quantitative estimate of drug-likeness (QED) is 0.188. The molecular formula is C22H44O9. The van der Waals surface area contributed by atoms with Crippen molar-refractivity contribution < 1.29 is 43.1 Å².